The lowest BCUT2D eigenvalue weighted by molar-refractivity contribution is -0.384. The van der Waals surface area contributed by atoms with Gasteiger partial charge in [-0.25, -0.2) is 0 Å². The number of nitrogens with zero attached hydrogens (tertiary/aromatic N) is 2. The quantitative estimate of drug-likeness (QED) is 0.685. The molecule has 108 valence electrons. The van der Waals surface area contributed by atoms with Crippen LogP contribution in [-0.2, 0) is 0 Å². The molecule has 0 saturated heterocycles. The second kappa shape index (κ2) is 6.07. The van der Waals surface area contributed by atoms with Gasteiger partial charge in [-0.1, -0.05) is 23.2 Å². The van der Waals surface area contributed by atoms with Gasteiger partial charge in [0.15, 0.2) is 0 Å². The van der Waals surface area contributed by atoms with Gasteiger partial charge < -0.3 is 5.32 Å². The Bertz CT molecular complexity index is 735. The van der Waals surface area contributed by atoms with E-state index in [0.717, 1.165) is 0 Å². The van der Waals surface area contributed by atoms with Crippen LogP contribution in [0, 0.1) is 17.0 Å². The smallest absolute Gasteiger partial charge is 0.271 e. The number of nitro benzene ring substituents is 1. The maximum atomic E-state index is 12.1. The zero-order valence-corrected chi connectivity index (χ0v) is 12.3. The van der Waals surface area contributed by atoms with Gasteiger partial charge in [0, 0.05) is 24.0 Å². The van der Waals surface area contributed by atoms with Crippen LogP contribution in [0.2, 0.25) is 10.0 Å². The summed E-state index contributed by atoms with van der Waals surface area (Å²) in [6.07, 6.45) is 1.33. The van der Waals surface area contributed by atoms with E-state index in [9.17, 15) is 14.9 Å². The maximum absolute atomic E-state index is 12.1. The Morgan fingerprint density at radius 3 is 2.62 bits per heavy atom. The fraction of sp³-hybridized carbons (Fsp3) is 0.0769. The van der Waals surface area contributed by atoms with E-state index in [1.54, 1.807) is 13.0 Å². The molecule has 21 heavy (non-hydrogen) atoms. The molecule has 0 bridgehead atoms. The molecule has 2 aromatic rings. The van der Waals surface area contributed by atoms with E-state index in [0.29, 0.717) is 5.69 Å². The van der Waals surface area contributed by atoms with Gasteiger partial charge in [-0.2, -0.15) is 0 Å². The van der Waals surface area contributed by atoms with Gasteiger partial charge in [-0.3, -0.25) is 19.9 Å². The first kappa shape index (κ1) is 15.2. The molecule has 0 fully saturated rings. The molecule has 0 spiro atoms. The van der Waals surface area contributed by atoms with E-state index >= 15 is 0 Å². The van der Waals surface area contributed by atoms with Crippen LogP contribution in [0.15, 0.2) is 30.5 Å². The number of nitro groups is 1. The van der Waals surface area contributed by atoms with E-state index in [2.05, 4.69) is 10.3 Å². The Morgan fingerprint density at radius 2 is 2.00 bits per heavy atom. The van der Waals surface area contributed by atoms with Crippen LogP contribution in [0.4, 0.5) is 11.4 Å². The van der Waals surface area contributed by atoms with Crippen LogP contribution in [0.5, 0.6) is 0 Å². The third kappa shape index (κ3) is 3.48. The van der Waals surface area contributed by atoms with Crippen molar-refractivity contribution in [3.63, 3.8) is 0 Å². The summed E-state index contributed by atoms with van der Waals surface area (Å²) in [7, 11) is 0. The number of amides is 1. The van der Waals surface area contributed by atoms with Crippen molar-refractivity contribution < 1.29 is 9.72 Å². The zero-order chi connectivity index (χ0) is 15.6. The first-order chi connectivity index (χ1) is 9.88. The topological polar surface area (TPSA) is 85.1 Å². The highest BCUT2D eigenvalue weighted by atomic mass is 35.5. The van der Waals surface area contributed by atoms with E-state index in [4.69, 9.17) is 23.2 Å². The molecule has 0 aliphatic carbocycles. The summed E-state index contributed by atoms with van der Waals surface area (Å²) in [4.78, 5) is 26.3. The number of non-ortho nitro benzene ring substituents is 1. The molecule has 8 heteroatoms. The summed E-state index contributed by atoms with van der Waals surface area (Å²) in [6, 6.07) is 5.31. The van der Waals surface area contributed by atoms with Crippen LogP contribution in [-0.4, -0.2) is 15.8 Å². The third-order valence-corrected chi connectivity index (χ3v) is 3.29. The lowest BCUT2D eigenvalue weighted by Gasteiger charge is -2.08. The molecule has 1 aromatic carbocycles. The second-order valence-electron chi connectivity index (χ2n) is 4.18. The summed E-state index contributed by atoms with van der Waals surface area (Å²) in [5.41, 5.74) is 0.783. The molecule has 1 amide bonds. The number of halogens is 2. The lowest BCUT2D eigenvalue weighted by atomic mass is 10.2. The number of aromatic nitrogens is 1. The molecule has 0 saturated carbocycles. The number of hydrogen-bond acceptors (Lipinski definition) is 4. The van der Waals surface area contributed by atoms with Crippen molar-refractivity contribution in [3.8, 4) is 0 Å². The highest BCUT2D eigenvalue weighted by Gasteiger charge is 2.15. The number of pyridine rings is 1. The second-order valence-corrected chi connectivity index (χ2v) is 5.00. The Kier molecular flexibility index (Phi) is 4.40. The van der Waals surface area contributed by atoms with Crippen LogP contribution in [0.1, 0.15) is 16.1 Å². The van der Waals surface area contributed by atoms with Gasteiger partial charge in [-0.15, -0.1) is 0 Å². The fourth-order valence-electron chi connectivity index (χ4n) is 1.61. The number of carbonyl (C=O) groups is 1. The average Bonchev–Trinajstić information content (AvgIpc) is 2.40. The molecule has 2 rings (SSSR count). The van der Waals surface area contributed by atoms with Crippen LogP contribution in [0.25, 0.3) is 0 Å². The summed E-state index contributed by atoms with van der Waals surface area (Å²) in [5.74, 6) is -0.546. The molecule has 0 unspecified atom stereocenters. The Hall–Kier alpha value is -2.18. The molecule has 1 aromatic heterocycles. The van der Waals surface area contributed by atoms with E-state index in [1.807, 2.05) is 0 Å². The molecule has 1 N–H and O–H groups in total. The highest BCUT2D eigenvalue weighted by molar-refractivity contribution is 6.36. The van der Waals surface area contributed by atoms with Crippen molar-refractivity contribution in [2.45, 2.75) is 6.92 Å². The van der Waals surface area contributed by atoms with Gasteiger partial charge >= 0.3 is 0 Å². The molecule has 0 aliphatic heterocycles. The van der Waals surface area contributed by atoms with E-state index in [-0.39, 0.29) is 27.0 Å². The summed E-state index contributed by atoms with van der Waals surface area (Å²) in [6.45, 7) is 1.74. The minimum absolute atomic E-state index is 0.132. The minimum atomic E-state index is -0.577. The predicted octanol–water partition coefficient (Wildman–Crippen LogP) is 3.86. The van der Waals surface area contributed by atoms with Crippen molar-refractivity contribution in [3.05, 3.63) is 61.9 Å². The lowest BCUT2D eigenvalue weighted by Crippen LogP contribution is -2.13. The van der Waals surface area contributed by atoms with Gasteiger partial charge in [0.1, 0.15) is 0 Å². The Morgan fingerprint density at radius 1 is 1.29 bits per heavy atom. The zero-order valence-electron chi connectivity index (χ0n) is 10.8. The summed E-state index contributed by atoms with van der Waals surface area (Å²) < 4.78 is 0. The molecule has 0 atom stereocenters. The number of anilines is 1. The standard InChI is InChI=1S/C13H9Cl2N3O3/c1-7-4-11(15)9(6-16-7)13(19)17-12-5-8(18(20)21)2-3-10(12)14/h2-6H,1H3,(H,17,19). The number of hydrogen-bond donors (Lipinski definition) is 1. The summed E-state index contributed by atoms with van der Waals surface area (Å²) >= 11 is 11.9. The monoisotopic (exact) mass is 325 g/mol. The number of carbonyl (C=O) groups excluding carboxylic acids is 1. The SMILES string of the molecule is Cc1cc(Cl)c(C(=O)Nc2cc([N+](=O)[O-])ccc2Cl)cn1. The largest absolute Gasteiger partial charge is 0.320 e. The van der Waals surface area contributed by atoms with Crippen LogP contribution in [0.3, 0.4) is 0 Å². The van der Waals surface area contributed by atoms with E-state index in [1.165, 1.54) is 24.4 Å². The highest BCUT2D eigenvalue weighted by Crippen LogP contribution is 2.27. The van der Waals surface area contributed by atoms with Crippen molar-refractivity contribution in [1.82, 2.24) is 4.98 Å². The first-order valence-electron chi connectivity index (χ1n) is 5.76. The molecule has 1 heterocycles. The third-order valence-electron chi connectivity index (χ3n) is 2.64. The fourth-order valence-corrected chi connectivity index (χ4v) is 2.06. The molecule has 0 aliphatic rings. The van der Waals surface area contributed by atoms with Crippen molar-refractivity contribution >= 4 is 40.5 Å². The number of aryl methyl sites for hydroxylation is 1. The van der Waals surface area contributed by atoms with Gasteiger partial charge in [-0.05, 0) is 19.1 Å². The van der Waals surface area contributed by atoms with Crippen molar-refractivity contribution in [2.75, 3.05) is 5.32 Å². The first-order valence-corrected chi connectivity index (χ1v) is 6.51. The van der Waals surface area contributed by atoms with Crippen molar-refractivity contribution in [2.24, 2.45) is 0 Å². The summed E-state index contributed by atoms with van der Waals surface area (Å²) in [5, 5.41) is 13.6. The number of benzene rings is 1. The van der Waals surface area contributed by atoms with Crippen molar-refractivity contribution in [1.29, 1.82) is 0 Å². The van der Waals surface area contributed by atoms with Crippen LogP contribution < -0.4 is 5.32 Å². The maximum Gasteiger partial charge on any atom is 0.271 e. The molecular weight excluding hydrogens is 317 g/mol. The number of rotatable bonds is 3. The Balaban J connectivity index is 2.31. The van der Waals surface area contributed by atoms with Gasteiger partial charge in [0.05, 0.1) is 26.2 Å². The van der Waals surface area contributed by atoms with E-state index < -0.39 is 10.8 Å². The van der Waals surface area contributed by atoms with Gasteiger partial charge in [0.25, 0.3) is 11.6 Å². The normalized spacial score (nSPS) is 10.2. The van der Waals surface area contributed by atoms with Crippen LogP contribution >= 0.6 is 23.2 Å². The average molecular weight is 326 g/mol. The molecule has 6 nitrogen and oxygen atoms in total. The predicted molar refractivity (Wildman–Crippen MR) is 80.0 cm³/mol. The molecule has 0 radical (unpaired) electrons. The molecular formula is C13H9Cl2N3O3. The Labute approximate surface area is 129 Å². The van der Waals surface area contributed by atoms with Gasteiger partial charge in [0.2, 0.25) is 0 Å². The minimum Gasteiger partial charge on any atom is -0.320 e. The number of nitrogens with one attached hydrogen (secondary N) is 1.